The molecule has 0 fully saturated rings. The highest BCUT2D eigenvalue weighted by Gasteiger charge is 2.26. The number of aliphatic hydroxyl groups is 1. The minimum atomic E-state index is -0.859. The number of ether oxygens (including phenoxy) is 3. The van der Waals surface area contributed by atoms with Crippen molar-refractivity contribution < 1.29 is 53.2 Å². The van der Waals surface area contributed by atoms with Crippen molar-refractivity contribution in [3.8, 4) is 0 Å². The summed E-state index contributed by atoms with van der Waals surface area (Å²) in [6.45, 7) is 18.6. The second-order valence-corrected chi connectivity index (χ2v) is 22.4. The maximum atomic E-state index is 13.6. The molecule has 2 amide bonds. The van der Waals surface area contributed by atoms with Gasteiger partial charge in [-0.3, -0.25) is 19.6 Å². The monoisotopic (exact) mass is 1120 g/mol. The van der Waals surface area contributed by atoms with Gasteiger partial charge in [-0.15, -0.1) is 0 Å². The summed E-state index contributed by atoms with van der Waals surface area (Å²) in [5.41, 5.74) is 8.38. The number of carboxylic acid groups (broad SMARTS) is 1. The van der Waals surface area contributed by atoms with Crippen molar-refractivity contribution in [1.82, 2.24) is 20.6 Å². The molecule has 8 rings (SSSR count). The van der Waals surface area contributed by atoms with E-state index in [1.807, 2.05) is 124 Å². The molecule has 0 aliphatic carbocycles. The van der Waals surface area contributed by atoms with Gasteiger partial charge in [-0.25, -0.2) is 19.2 Å². The number of benzene rings is 6. The molecule has 4 N–H and O–H groups in total. The standard InChI is InChI=1S/C34H36N2O5.C25H28N2O4.C9H10O2/c1-22-6-13-29(23(2)16-22)32(38)40-21-24-7-10-26(11-8-24)30(20-36-33(39)41-34(3,4)5)31(37)18-25-9-12-28-19-35-15-14-27(28)17-25;1-25(2,3)31-24(30)27-15-22(19-7-4-17(16-28)5-8-19)23(29)13-18-6-9-21-14-26-11-10-20(21)12-18;1-6-3-4-8(9(10)11)7(2)5-6/h6-17,19,30H,18,20-21H2,1-5H3,(H,36,39);4-12,14,22,28H,13,15-16H2,1-3H3,(H,27,30);3-5H,1-2H3,(H,10,11). The van der Waals surface area contributed by atoms with Crippen molar-refractivity contribution in [3.05, 3.63) is 225 Å². The molecule has 15 heteroatoms. The van der Waals surface area contributed by atoms with E-state index in [2.05, 4.69) is 20.6 Å². The first-order valence-corrected chi connectivity index (χ1v) is 27.3. The molecule has 8 aromatic rings. The summed E-state index contributed by atoms with van der Waals surface area (Å²) in [6, 6.07) is 41.0. The first kappa shape index (κ1) is 63.1. The SMILES string of the molecule is CC(C)(C)OC(=O)NCC(C(=O)Cc1ccc2cnccc2c1)c1ccc(CO)cc1.Cc1ccc(C(=O)O)c(C)c1.Cc1ccc(C(=O)OCc2ccc(C(CNC(=O)OC(C)(C)C)C(=O)Cc3ccc4cnccc4c3)cc2)c(C)c1. The Balaban J connectivity index is 0.000000231. The smallest absolute Gasteiger partial charge is 0.407 e. The van der Waals surface area contributed by atoms with Crippen molar-refractivity contribution in [2.45, 2.75) is 118 Å². The third-order valence-corrected chi connectivity index (χ3v) is 13.2. The lowest BCUT2D eigenvalue weighted by atomic mass is 9.90. The van der Waals surface area contributed by atoms with Crippen molar-refractivity contribution in [2.75, 3.05) is 13.1 Å². The fraction of sp³-hybridized carbons (Fsp3) is 0.294. The number of ketones is 2. The molecule has 0 radical (unpaired) electrons. The van der Waals surface area contributed by atoms with Gasteiger partial charge in [0.1, 0.15) is 29.4 Å². The van der Waals surface area contributed by atoms with Crippen LogP contribution in [0.25, 0.3) is 21.5 Å². The molecule has 2 heterocycles. The molecule has 2 atom stereocenters. The summed E-state index contributed by atoms with van der Waals surface area (Å²) in [5.74, 6) is -2.42. The fourth-order valence-electron chi connectivity index (χ4n) is 8.99. The Morgan fingerprint density at radius 3 is 1.30 bits per heavy atom. The minimum absolute atomic E-state index is 0.0128. The fourth-order valence-corrected chi connectivity index (χ4v) is 8.99. The number of nitrogens with one attached hydrogen (secondary N) is 2. The van der Waals surface area contributed by atoms with Gasteiger partial charge in [0.15, 0.2) is 0 Å². The zero-order valence-corrected chi connectivity index (χ0v) is 48.9. The van der Waals surface area contributed by atoms with Crippen molar-refractivity contribution in [2.24, 2.45) is 0 Å². The van der Waals surface area contributed by atoms with E-state index >= 15 is 0 Å². The average molecular weight is 1120 g/mol. The van der Waals surface area contributed by atoms with Gasteiger partial charge in [0.25, 0.3) is 0 Å². The van der Waals surface area contributed by atoms with Crippen molar-refractivity contribution in [3.63, 3.8) is 0 Å². The Labute approximate surface area is 485 Å². The number of Topliss-reactive ketones (excluding diaryl/α,β-unsaturated/α-hetero) is 2. The second-order valence-electron chi connectivity index (χ2n) is 22.4. The van der Waals surface area contributed by atoms with E-state index in [-0.39, 0.29) is 56.7 Å². The second kappa shape index (κ2) is 29.1. The van der Waals surface area contributed by atoms with Crippen molar-refractivity contribution >= 4 is 57.2 Å². The number of pyridine rings is 2. The molecule has 0 saturated heterocycles. The van der Waals surface area contributed by atoms with Gasteiger partial charge in [0.2, 0.25) is 0 Å². The topological polar surface area (TPSA) is 220 Å². The number of hydrogen-bond donors (Lipinski definition) is 4. The van der Waals surface area contributed by atoms with Crippen LogP contribution >= 0.6 is 0 Å². The Morgan fingerprint density at radius 2 is 0.904 bits per heavy atom. The average Bonchev–Trinajstić information content (AvgIpc) is 3.56. The molecule has 0 aliphatic rings. The van der Waals surface area contributed by atoms with Gasteiger partial charge in [0.05, 0.1) is 29.6 Å². The normalized spacial score (nSPS) is 11.8. The van der Waals surface area contributed by atoms with Crippen LogP contribution in [0.4, 0.5) is 9.59 Å². The Kier molecular flexibility index (Phi) is 22.1. The Hall–Kier alpha value is -9.08. The molecular weight excluding hydrogens is 1050 g/mol. The van der Waals surface area contributed by atoms with Crippen LogP contribution in [-0.4, -0.2) is 80.2 Å². The lowest BCUT2D eigenvalue weighted by Crippen LogP contribution is -2.36. The highest BCUT2D eigenvalue weighted by Crippen LogP contribution is 2.25. The van der Waals surface area contributed by atoms with E-state index in [1.165, 1.54) is 0 Å². The van der Waals surface area contributed by atoms with Gasteiger partial charge in [0, 0.05) is 61.5 Å². The van der Waals surface area contributed by atoms with Gasteiger partial charge >= 0.3 is 24.1 Å². The lowest BCUT2D eigenvalue weighted by Gasteiger charge is -2.22. The van der Waals surface area contributed by atoms with Crippen LogP contribution in [0.5, 0.6) is 0 Å². The Morgan fingerprint density at radius 1 is 0.494 bits per heavy atom. The van der Waals surface area contributed by atoms with Crippen LogP contribution in [0.1, 0.15) is 130 Å². The van der Waals surface area contributed by atoms with Crippen LogP contribution in [0, 0.1) is 27.7 Å². The number of esters is 1. The highest BCUT2D eigenvalue weighted by molar-refractivity contribution is 5.93. The van der Waals surface area contributed by atoms with E-state index in [0.29, 0.717) is 11.1 Å². The molecule has 6 aromatic carbocycles. The molecule has 83 heavy (non-hydrogen) atoms. The molecule has 2 aromatic heterocycles. The summed E-state index contributed by atoms with van der Waals surface area (Å²) in [5, 5.41) is 27.5. The molecule has 0 spiro atoms. The zero-order valence-electron chi connectivity index (χ0n) is 48.9. The summed E-state index contributed by atoms with van der Waals surface area (Å²) in [6.07, 6.45) is 6.33. The quantitative estimate of drug-likeness (QED) is 0.0493. The van der Waals surface area contributed by atoms with E-state index in [1.54, 1.807) is 104 Å². The summed E-state index contributed by atoms with van der Waals surface area (Å²) in [7, 11) is 0. The molecule has 0 saturated carbocycles. The number of rotatable bonds is 17. The predicted octanol–water partition coefficient (Wildman–Crippen LogP) is 12.8. The lowest BCUT2D eigenvalue weighted by molar-refractivity contribution is -0.120. The van der Waals surface area contributed by atoms with Gasteiger partial charge in [-0.05, 0) is 149 Å². The van der Waals surface area contributed by atoms with Crippen LogP contribution in [-0.2, 0) is 49.9 Å². The summed E-state index contributed by atoms with van der Waals surface area (Å²) < 4.78 is 16.2. The van der Waals surface area contributed by atoms with E-state index in [4.69, 9.17) is 19.3 Å². The largest absolute Gasteiger partial charge is 0.478 e. The van der Waals surface area contributed by atoms with Crippen LogP contribution in [0.15, 0.2) is 158 Å². The van der Waals surface area contributed by atoms with Crippen LogP contribution < -0.4 is 10.6 Å². The van der Waals surface area contributed by atoms with E-state index < -0.39 is 41.2 Å². The number of carbonyl (C=O) groups is 6. The number of aliphatic hydroxyl groups excluding tert-OH is 1. The van der Waals surface area contributed by atoms with E-state index in [0.717, 1.165) is 77.2 Å². The maximum absolute atomic E-state index is 13.6. The first-order chi connectivity index (χ1) is 39.3. The number of hydrogen-bond acceptors (Lipinski definition) is 12. The Bertz CT molecular complexity index is 3560. The van der Waals surface area contributed by atoms with Gasteiger partial charge in [-0.1, -0.05) is 120 Å². The molecule has 0 aliphatic heterocycles. The third kappa shape index (κ3) is 19.9. The number of carboxylic acids is 1. The number of aromatic nitrogens is 2. The number of aromatic carboxylic acids is 1. The number of aryl methyl sites for hydroxylation is 4. The number of nitrogens with zero attached hydrogens (tertiary/aromatic N) is 2. The number of alkyl carbamates (subject to hydrolysis) is 2. The van der Waals surface area contributed by atoms with Crippen LogP contribution in [0.3, 0.4) is 0 Å². The summed E-state index contributed by atoms with van der Waals surface area (Å²) >= 11 is 0. The highest BCUT2D eigenvalue weighted by atomic mass is 16.6. The minimum Gasteiger partial charge on any atom is -0.478 e. The number of fused-ring (bicyclic) bond motifs is 2. The molecule has 432 valence electrons. The predicted molar refractivity (Wildman–Crippen MR) is 322 cm³/mol. The molecule has 15 nitrogen and oxygen atoms in total. The van der Waals surface area contributed by atoms with Gasteiger partial charge < -0.3 is 35.1 Å². The van der Waals surface area contributed by atoms with E-state index in [9.17, 15) is 33.9 Å². The van der Waals surface area contributed by atoms with Gasteiger partial charge in [-0.2, -0.15) is 0 Å². The zero-order chi connectivity index (χ0) is 60.4. The number of amides is 2. The molecule has 0 bridgehead atoms. The number of carbonyl (C=O) groups excluding carboxylic acids is 5. The molecular formula is C68H74N4O11. The maximum Gasteiger partial charge on any atom is 0.407 e. The summed E-state index contributed by atoms with van der Waals surface area (Å²) in [4.78, 5) is 82.7. The van der Waals surface area contributed by atoms with Crippen LogP contribution in [0.2, 0.25) is 0 Å². The van der Waals surface area contributed by atoms with Crippen molar-refractivity contribution in [1.29, 1.82) is 0 Å². The first-order valence-electron chi connectivity index (χ1n) is 27.3. The third-order valence-electron chi connectivity index (χ3n) is 13.2. The molecule has 2 unspecified atom stereocenters.